The minimum atomic E-state index is -3.67. The summed E-state index contributed by atoms with van der Waals surface area (Å²) in [6.07, 6.45) is 0.247. The lowest BCUT2D eigenvalue weighted by Gasteiger charge is -2.03. The number of anilines is 1. The molecule has 1 aromatic heterocycles. The minimum Gasteiger partial charge on any atom is -0.399 e. The van der Waals surface area contributed by atoms with Crippen molar-refractivity contribution in [3.63, 3.8) is 0 Å². The number of rotatable bonds is 3. The number of hydrogen-bond acceptors (Lipinski definition) is 6. The summed E-state index contributed by atoms with van der Waals surface area (Å²) in [6.45, 7) is 1.66. The highest BCUT2D eigenvalue weighted by Gasteiger charge is 2.29. The summed E-state index contributed by atoms with van der Waals surface area (Å²) < 4.78 is 25.0. The number of nitrogens with zero attached hydrogens (tertiary/aromatic N) is 2. The summed E-state index contributed by atoms with van der Waals surface area (Å²) in [4.78, 5) is 4.07. The first-order valence-corrected chi connectivity index (χ1v) is 7.65. The van der Waals surface area contributed by atoms with E-state index in [-0.39, 0.29) is 10.8 Å². The molecule has 0 aliphatic heterocycles. The van der Waals surface area contributed by atoms with E-state index in [0.29, 0.717) is 15.9 Å². The van der Waals surface area contributed by atoms with E-state index in [1.807, 2.05) is 0 Å². The lowest BCUT2D eigenvalue weighted by atomic mass is 10.3. The van der Waals surface area contributed by atoms with E-state index in [1.54, 1.807) is 31.2 Å². The van der Waals surface area contributed by atoms with Gasteiger partial charge in [-0.05, 0) is 24.6 Å². The number of sulfone groups is 1. The van der Waals surface area contributed by atoms with Gasteiger partial charge in [0.2, 0.25) is 14.2 Å². The van der Waals surface area contributed by atoms with E-state index in [0.717, 1.165) is 11.3 Å². The van der Waals surface area contributed by atoms with Crippen LogP contribution in [0.15, 0.2) is 22.5 Å². The van der Waals surface area contributed by atoms with Crippen LogP contribution in [-0.4, -0.2) is 18.7 Å². The Bertz CT molecular complexity index is 728. The average molecular weight is 281 g/mol. The van der Waals surface area contributed by atoms with Gasteiger partial charge in [0.05, 0.1) is 16.3 Å². The zero-order valence-corrected chi connectivity index (χ0v) is 11.3. The molecular formula is C11H11N3O2S2. The van der Waals surface area contributed by atoms with Gasteiger partial charge in [0.1, 0.15) is 0 Å². The lowest BCUT2D eigenvalue weighted by Crippen LogP contribution is -2.18. The van der Waals surface area contributed by atoms with Crippen LogP contribution in [0.3, 0.4) is 0 Å². The van der Waals surface area contributed by atoms with Crippen LogP contribution < -0.4 is 5.73 Å². The highest BCUT2D eigenvalue weighted by Crippen LogP contribution is 2.29. The third kappa shape index (κ3) is 2.05. The summed E-state index contributed by atoms with van der Waals surface area (Å²) in [5, 5.41) is 7.82. The third-order valence-electron chi connectivity index (χ3n) is 2.53. The van der Waals surface area contributed by atoms with Gasteiger partial charge in [-0.1, -0.05) is 6.92 Å². The van der Waals surface area contributed by atoms with E-state index in [9.17, 15) is 8.42 Å². The van der Waals surface area contributed by atoms with Crippen molar-refractivity contribution in [2.45, 2.75) is 22.9 Å². The monoisotopic (exact) mass is 281 g/mol. The first kappa shape index (κ1) is 12.8. The smallest absolute Gasteiger partial charge is 0.221 e. The van der Waals surface area contributed by atoms with Crippen molar-refractivity contribution in [2.75, 3.05) is 5.73 Å². The zero-order valence-electron chi connectivity index (χ0n) is 9.62. The molecule has 0 aliphatic rings. The fraction of sp³-hybridized carbons (Fsp3) is 0.273. The van der Waals surface area contributed by atoms with Gasteiger partial charge in [0.15, 0.2) is 5.25 Å². The second-order valence-corrected chi connectivity index (χ2v) is 7.11. The SMILES string of the molecule is CCC(C#N)S(=O)(=O)c1nc2ccc(N)cc2s1. The Morgan fingerprint density at radius 1 is 1.56 bits per heavy atom. The van der Waals surface area contributed by atoms with Crippen LogP contribution in [0.2, 0.25) is 0 Å². The minimum absolute atomic E-state index is 0.0171. The predicted octanol–water partition coefficient (Wildman–Crippen LogP) is 1.95. The van der Waals surface area contributed by atoms with E-state index in [2.05, 4.69) is 4.98 Å². The molecule has 1 heterocycles. The molecule has 7 heteroatoms. The molecule has 0 fully saturated rings. The Hall–Kier alpha value is -1.65. The molecule has 1 atom stereocenters. The predicted molar refractivity (Wildman–Crippen MR) is 70.9 cm³/mol. The van der Waals surface area contributed by atoms with Crippen molar-refractivity contribution >= 4 is 37.1 Å². The topological polar surface area (TPSA) is 96.8 Å². The Kier molecular flexibility index (Phi) is 3.24. The molecule has 0 spiro atoms. The van der Waals surface area contributed by atoms with E-state index >= 15 is 0 Å². The molecule has 2 N–H and O–H groups in total. The number of fused-ring (bicyclic) bond motifs is 1. The maximum absolute atomic E-state index is 12.1. The molecular weight excluding hydrogens is 270 g/mol. The number of thiazole rings is 1. The van der Waals surface area contributed by atoms with Crippen molar-refractivity contribution in [1.82, 2.24) is 4.98 Å². The molecule has 2 aromatic rings. The standard InChI is InChI=1S/C11H11N3O2S2/c1-2-8(6-12)18(15,16)11-14-9-4-3-7(13)5-10(9)17-11/h3-5,8H,2,13H2,1H3. The van der Waals surface area contributed by atoms with E-state index < -0.39 is 15.1 Å². The molecule has 0 radical (unpaired) electrons. The van der Waals surface area contributed by atoms with Gasteiger partial charge in [-0.2, -0.15) is 5.26 Å². The van der Waals surface area contributed by atoms with E-state index in [4.69, 9.17) is 11.0 Å². The third-order valence-corrected chi connectivity index (χ3v) is 6.05. The number of nitrogen functional groups attached to an aromatic ring is 1. The first-order chi connectivity index (χ1) is 8.48. The number of nitriles is 1. The van der Waals surface area contributed by atoms with Crippen LogP contribution in [0.1, 0.15) is 13.3 Å². The zero-order chi connectivity index (χ0) is 13.3. The summed E-state index contributed by atoms with van der Waals surface area (Å²) in [5.41, 5.74) is 6.77. The first-order valence-electron chi connectivity index (χ1n) is 5.28. The van der Waals surface area contributed by atoms with Crippen LogP contribution in [-0.2, 0) is 9.84 Å². The fourth-order valence-electron chi connectivity index (χ4n) is 1.54. The number of hydrogen-bond donors (Lipinski definition) is 1. The lowest BCUT2D eigenvalue weighted by molar-refractivity contribution is 0.587. The van der Waals surface area contributed by atoms with Crippen molar-refractivity contribution in [3.8, 4) is 6.07 Å². The molecule has 0 saturated carbocycles. The Balaban J connectivity index is 2.59. The average Bonchev–Trinajstić information content (AvgIpc) is 2.73. The van der Waals surface area contributed by atoms with Gasteiger partial charge in [-0.25, -0.2) is 13.4 Å². The summed E-state index contributed by atoms with van der Waals surface area (Å²) >= 11 is 1.05. The quantitative estimate of drug-likeness (QED) is 0.867. The molecule has 0 saturated heterocycles. The van der Waals surface area contributed by atoms with Crippen LogP contribution in [0.25, 0.3) is 10.2 Å². The van der Waals surface area contributed by atoms with Gasteiger partial charge >= 0.3 is 0 Å². The highest BCUT2D eigenvalue weighted by atomic mass is 32.2. The van der Waals surface area contributed by atoms with Gasteiger partial charge in [0, 0.05) is 5.69 Å². The van der Waals surface area contributed by atoms with Crippen LogP contribution in [0.5, 0.6) is 0 Å². The van der Waals surface area contributed by atoms with Crippen molar-refractivity contribution < 1.29 is 8.42 Å². The second-order valence-electron chi connectivity index (χ2n) is 3.78. The van der Waals surface area contributed by atoms with Crippen molar-refractivity contribution in [2.24, 2.45) is 0 Å². The van der Waals surface area contributed by atoms with Gasteiger partial charge < -0.3 is 5.73 Å². The maximum Gasteiger partial charge on any atom is 0.221 e. The Morgan fingerprint density at radius 3 is 2.89 bits per heavy atom. The van der Waals surface area contributed by atoms with Gasteiger partial charge in [-0.3, -0.25) is 0 Å². The Morgan fingerprint density at radius 2 is 2.28 bits per heavy atom. The maximum atomic E-state index is 12.1. The van der Waals surface area contributed by atoms with Crippen LogP contribution in [0.4, 0.5) is 5.69 Å². The summed E-state index contributed by atoms with van der Waals surface area (Å²) in [5.74, 6) is 0. The molecule has 1 aromatic carbocycles. The second kappa shape index (κ2) is 4.55. The molecule has 18 heavy (non-hydrogen) atoms. The number of nitrogens with two attached hydrogens (primary N) is 1. The number of benzene rings is 1. The normalized spacial score (nSPS) is 13.3. The number of aromatic nitrogens is 1. The molecule has 2 rings (SSSR count). The van der Waals surface area contributed by atoms with Gasteiger partial charge in [0.25, 0.3) is 0 Å². The summed E-state index contributed by atoms with van der Waals surface area (Å²) in [6, 6.07) is 6.82. The molecule has 0 amide bonds. The largest absolute Gasteiger partial charge is 0.399 e. The van der Waals surface area contributed by atoms with Crippen molar-refractivity contribution in [3.05, 3.63) is 18.2 Å². The highest BCUT2D eigenvalue weighted by molar-refractivity contribution is 7.94. The molecule has 1 unspecified atom stereocenters. The fourth-order valence-corrected chi connectivity index (χ4v) is 4.42. The Labute approximate surface area is 109 Å². The van der Waals surface area contributed by atoms with Gasteiger partial charge in [-0.15, -0.1) is 11.3 Å². The molecule has 0 bridgehead atoms. The van der Waals surface area contributed by atoms with E-state index in [1.165, 1.54) is 0 Å². The van der Waals surface area contributed by atoms with Crippen LogP contribution >= 0.6 is 11.3 Å². The molecule has 94 valence electrons. The summed E-state index contributed by atoms with van der Waals surface area (Å²) in [7, 11) is -3.67. The van der Waals surface area contributed by atoms with Crippen LogP contribution in [0, 0.1) is 11.3 Å². The molecule has 0 aliphatic carbocycles. The van der Waals surface area contributed by atoms with Crippen molar-refractivity contribution in [1.29, 1.82) is 5.26 Å². The molecule has 5 nitrogen and oxygen atoms in total.